The van der Waals surface area contributed by atoms with Gasteiger partial charge in [0.15, 0.2) is 0 Å². The average Bonchev–Trinajstić information content (AvgIpc) is 3.16. The largest absolute Gasteiger partial charge is 0.352 e. The summed E-state index contributed by atoms with van der Waals surface area (Å²) in [6.45, 7) is 2.15. The first-order chi connectivity index (χ1) is 14.0. The van der Waals surface area contributed by atoms with Gasteiger partial charge in [0.2, 0.25) is 0 Å². The molecular weight excluding hydrogens is 370 g/mol. The third-order valence-electron chi connectivity index (χ3n) is 4.10. The number of benzene rings is 2. The molecule has 8 nitrogen and oxygen atoms in total. The zero-order valence-corrected chi connectivity index (χ0v) is 15.6. The molecule has 0 atom stereocenters. The SMILES string of the molecule is CCNC(=O)C(C#N)=Cc1cn(-c2ccccc2)nc1-c1cccc([N+](=O)[O-])c1. The molecule has 8 heteroatoms. The second-order valence-corrected chi connectivity index (χ2v) is 6.05. The van der Waals surface area contributed by atoms with Gasteiger partial charge >= 0.3 is 0 Å². The van der Waals surface area contributed by atoms with Crippen molar-refractivity contribution in [2.75, 3.05) is 6.54 Å². The number of nitro benzene ring substituents is 1. The molecule has 0 fully saturated rings. The molecule has 1 amide bonds. The Hall–Kier alpha value is -4.25. The summed E-state index contributed by atoms with van der Waals surface area (Å²) in [4.78, 5) is 22.8. The molecule has 0 aliphatic rings. The van der Waals surface area contributed by atoms with Gasteiger partial charge in [0.05, 0.1) is 10.6 Å². The van der Waals surface area contributed by atoms with E-state index in [1.165, 1.54) is 18.2 Å². The molecule has 0 spiro atoms. The lowest BCUT2D eigenvalue weighted by Gasteiger charge is -2.02. The number of aromatic nitrogens is 2. The molecule has 144 valence electrons. The van der Waals surface area contributed by atoms with Crippen LogP contribution in [0.4, 0.5) is 5.69 Å². The van der Waals surface area contributed by atoms with Crippen LogP contribution in [0.5, 0.6) is 0 Å². The van der Waals surface area contributed by atoms with E-state index in [0.717, 1.165) is 5.69 Å². The second kappa shape index (κ2) is 8.63. The Morgan fingerprint density at radius 2 is 2.03 bits per heavy atom. The Morgan fingerprint density at radius 1 is 1.28 bits per heavy atom. The fourth-order valence-corrected chi connectivity index (χ4v) is 2.76. The van der Waals surface area contributed by atoms with Crippen molar-refractivity contribution in [3.05, 3.63) is 82.0 Å². The fraction of sp³-hybridized carbons (Fsp3) is 0.0952. The van der Waals surface area contributed by atoms with Gasteiger partial charge in [0.25, 0.3) is 11.6 Å². The van der Waals surface area contributed by atoms with Crippen LogP contribution in [0.1, 0.15) is 12.5 Å². The number of non-ortho nitro benzene ring substituents is 1. The predicted molar refractivity (Wildman–Crippen MR) is 108 cm³/mol. The Kier molecular flexibility index (Phi) is 5.80. The molecule has 1 aromatic heterocycles. The Morgan fingerprint density at radius 3 is 2.69 bits per heavy atom. The smallest absolute Gasteiger partial charge is 0.270 e. The van der Waals surface area contributed by atoms with Gasteiger partial charge in [-0.3, -0.25) is 14.9 Å². The van der Waals surface area contributed by atoms with Gasteiger partial charge in [0, 0.05) is 36.0 Å². The highest BCUT2D eigenvalue weighted by atomic mass is 16.6. The van der Waals surface area contributed by atoms with E-state index < -0.39 is 10.8 Å². The highest BCUT2D eigenvalue weighted by molar-refractivity contribution is 6.02. The van der Waals surface area contributed by atoms with E-state index in [9.17, 15) is 20.2 Å². The van der Waals surface area contributed by atoms with Gasteiger partial charge in [-0.1, -0.05) is 30.3 Å². The molecule has 0 saturated heterocycles. The summed E-state index contributed by atoms with van der Waals surface area (Å²) in [6.07, 6.45) is 3.12. The summed E-state index contributed by atoms with van der Waals surface area (Å²) in [5.41, 5.74) is 2.05. The Bertz CT molecular complexity index is 1130. The van der Waals surface area contributed by atoms with Crippen molar-refractivity contribution in [3.63, 3.8) is 0 Å². The lowest BCUT2D eigenvalue weighted by molar-refractivity contribution is -0.384. The molecule has 3 aromatic rings. The summed E-state index contributed by atoms with van der Waals surface area (Å²) in [6, 6.07) is 17.3. The van der Waals surface area contributed by atoms with Crippen LogP contribution >= 0.6 is 0 Å². The highest BCUT2D eigenvalue weighted by Gasteiger charge is 2.16. The highest BCUT2D eigenvalue weighted by Crippen LogP contribution is 2.28. The molecule has 29 heavy (non-hydrogen) atoms. The van der Waals surface area contributed by atoms with Gasteiger partial charge in [0.1, 0.15) is 17.3 Å². The monoisotopic (exact) mass is 387 g/mol. The summed E-state index contributed by atoms with van der Waals surface area (Å²) >= 11 is 0. The van der Waals surface area contributed by atoms with Crippen molar-refractivity contribution in [1.82, 2.24) is 15.1 Å². The van der Waals surface area contributed by atoms with Crippen molar-refractivity contribution >= 4 is 17.7 Å². The number of carbonyl (C=O) groups is 1. The molecule has 0 bridgehead atoms. The number of nitrogens with one attached hydrogen (secondary N) is 1. The van der Waals surface area contributed by atoms with Crippen molar-refractivity contribution in [2.45, 2.75) is 6.92 Å². The second-order valence-electron chi connectivity index (χ2n) is 6.05. The predicted octanol–water partition coefficient (Wildman–Crippen LogP) is 3.49. The minimum atomic E-state index is -0.493. The normalized spacial score (nSPS) is 11.0. The number of carbonyl (C=O) groups excluding carboxylic acids is 1. The number of rotatable bonds is 6. The van der Waals surface area contributed by atoms with Gasteiger partial charge in [-0.25, -0.2) is 4.68 Å². The fourth-order valence-electron chi connectivity index (χ4n) is 2.76. The number of nitrogens with zero attached hydrogens (tertiary/aromatic N) is 4. The number of likely N-dealkylation sites (N-methyl/N-ethyl adjacent to an activating group) is 1. The Labute approximate surface area is 166 Å². The molecule has 0 aliphatic heterocycles. The van der Waals surface area contributed by atoms with Crippen molar-refractivity contribution < 1.29 is 9.72 Å². The van der Waals surface area contributed by atoms with Crippen LogP contribution < -0.4 is 5.32 Å². The van der Waals surface area contributed by atoms with Crippen molar-refractivity contribution in [1.29, 1.82) is 5.26 Å². The maximum atomic E-state index is 12.1. The maximum Gasteiger partial charge on any atom is 0.270 e. The number of hydrogen-bond donors (Lipinski definition) is 1. The van der Waals surface area contributed by atoms with E-state index in [-0.39, 0.29) is 11.3 Å². The number of amides is 1. The van der Waals surface area contributed by atoms with Gasteiger partial charge < -0.3 is 5.32 Å². The summed E-state index contributed by atoms with van der Waals surface area (Å²) in [5, 5.41) is 27.7. The van der Waals surface area contributed by atoms with Gasteiger partial charge in [-0.05, 0) is 25.1 Å². The van der Waals surface area contributed by atoms with E-state index in [4.69, 9.17) is 0 Å². The van der Waals surface area contributed by atoms with Crippen LogP contribution in [0.2, 0.25) is 0 Å². The minimum absolute atomic E-state index is 0.0732. The molecule has 2 aromatic carbocycles. The summed E-state index contributed by atoms with van der Waals surface area (Å²) in [7, 11) is 0. The van der Waals surface area contributed by atoms with E-state index in [1.807, 2.05) is 36.4 Å². The number of nitriles is 1. The standard InChI is InChI=1S/C21H17N5O3/c1-2-23-21(27)16(13-22)11-17-14-25(18-8-4-3-5-9-18)24-20(17)15-7-6-10-19(12-15)26(28)29/h3-12,14H,2H2,1H3,(H,23,27). The lowest BCUT2D eigenvalue weighted by atomic mass is 10.1. The van der Waals surface area contributed by atoms with Gasteiger partial charge in [-0.2, -0.15) is 10.4 Å². The molecular formula is C21H17N5O3. The summed E-state index contributed by atoms with van der Waals surface area (Å²) < 4.78 is 1.60. The zero-order valence-electron chi connectivity index (χ0n) is 15.6. The van der Waals surface area contributed by atoms with E-state index >= 15 is 0 Å². The third kappa shape index (κ3) is 4.36. The minimum Gasteiger partial charge on any atom is -0.352 e. The van der Waals surface area contributed by atoms with Gasteiger partial charge in [-0.15, -0.1) is 0 Å². The van der Waals surface area contributed by atoms with Crippen LogP contribution in [0.3, 0.4) is 0 Å². The maximum absolute atomic E-state index is 12.1. The number of para-hydroxylation sites is 1. The molecule has 0 aliphatic carbocycles. The lowest BCUT2D eigenvalue weighted by Crippen LogP contribution is -2.23. The third-order valence-corrected chi connectivity index (χ3v) is 4.10. The number of nitro groups is 1. The molecule has 0 unspecified atom stereocenters. The van der Waals surface area contributed by atoms with E-state index in [1.54, 1.807) is 29.9 Å². The first-order valence-electron chi connectivity index (χ1n) is 8.83. The molecule has 0 saturated carbocycles. The zero-order chi connectivity index (χ0) is 20.8. The first-order valence-corrected chi connectivity index (χ1v) is 8.83. The Balaban J connectivity index is 2.17. The van der Waals surface area contributed by atoms with E-state index in [0.29, 0.717) is 23.4 Å². The van der Waals surface area contributed by atoms with Crippen molar-refractivity contribution in [2.24, 2.45) is 0 Å². The topological polar surface area (TPSA) is 114 Å². The molecule has 0 radical (unpaired) electrons. The quantitative estimate of drug-likeness (QED) is 0.301. The molecule has 3 rings (SSSR count). The summed E-state index contributed by atoms with van der Waals surface area (Å²) in [5.74, 6) is -0.493. The number of hydrogen-bond acceptors (Lipinski definition) is 5. The first kappa shape index (κ1) is 19.5. The molecule has 1 heterocycles. The van der Waals surface area contributed by atoms with Crippen LogP contribution in [-0.4, -0.2) is 27.2 Å². The molecule has 1 N–H and O–H groups in total. The average molecular weight is 387 g/mol. The van der Waals surface area contributed by atoms with E-state index in [2.05, 4.69) is 10.4 Å². The van der Waals surface area contributed by atoms with Crippen molar-refractivity contribution in [3.8, 4) is 23.0 Å². The van der Waals surface area contributed by atoms with Crippen LogP contribution in [-0.2, 0) is 4.79 Å². The van der Waals surface area contributed by atoms with Crippen LogP contribution in [0.15, 0.2) is 66.4 Å². The van der Waals surface area contributed by atoms with Crippen LogP contribution in [0.25, 0.3) is 23.0 Å². The van der Waals surface area contributed by atoms with Crippen LogP contribution in [0, 0.1) is 21.4 Å².